The lowest BCUT2D eigenvalue weighted by Crippen LogP contribution is -1.96. The average molecular weight is 194 g/mol. The van der Waals surface area contributed by atoms with Gasteiger partial charge in [0.1, 0.15) is 6.33 Å². The van der Waals surface area contributed by atoms with Gasteiger partial charge in [0, 0.05) is 12.7 Å². The van der Waals surface area contributed by atoms with Gasteiger partial charge in [0.05, 0.1) is 10.4 Å². The Morgan fingerprint density at radius 2 is 2.46 bits per heavy atom. The summed E-state index contributed by atoms with van der Waals surface area (Å²) in [7, 11) is 0. The van der Waals surface area contributed by atoms with Crippen molar-refractivity contribution in [2.75, 3.05) is 0 Å². The van der Waals surface area contributed by atoms with E-state index in [-0.39, 0.29) is 0 Å². The molecule has 0 aliphatic heterocycles. The van der Waals surface area contributed by atoms with Gasteiger partial charge in [-0.2, -0.15) is 0 Å². The van der Waals surface area contributed by atoms with E-state index in [0.29, 0.717) is 0 Å². The summed E-state index contributed by atoms with van der Waals surface area (Å²) in [5, 5.41) is 7.95. The molecule has 0 fully saturated rings. The predicted molar refractivity (Wildman–Crippen MR) is 51.4 cm³/mol. The van der Waals surface area contributed by atoms with Gasteiger partial charge in [0.25, 0.3) is 0 Å². The largest absolute Gasteiger partial charge is 0.313 e. The van der Waals surface area contributed by atoms with Crippen LogP contribution < -0.4 is 0 Å². The first-order valence-corrected chi connectivity index (χ1v) is 5.06. The molecular weight excluding hydrogens is 184 g/mol. The summed E-state index contributed by atoms with van der Waals surface area (Å²) >= 11 is 1.59. The number of aryl methyl sites for hydroxylation is 1. The highest BCUT2D eigenvalue weighted by molar-refractivity contribution is 7.13. The maximum absolute atomic E-state index is 4.06. The van der Waals surface area contributed by atoms with E-state index in [1.807, 2.05) is 10.8 Å². The Balaban J connectivity index is 2.35. The Morgan fingerprint density at radius 3 is 3.15 bits per heavy atom. The monoisotopic (exact) mass is 194 g/mol. The summed E-state index contributed by atoms with van der Waals surface area (Å²) in [6.45, 7) is 3.09. The number of thiazole rings is 1. The Kier molecular flexibility index (Phi) is 2.35. The average Bonchev–Trinajstić information content (AvgIpc) is 2.71. The maximum atomic E-state index is 4.06. The van der Waals surface area contributed by atoms with Crippen molar-refractivity contribution in [3.8, 4) is 10.7 Å². The van der Waals surface area contributed by atoms with E-state index in [1.54, 1.807) is 23.2 Å². The van der Waals surface area contributed by atoms with Crippen LogP contribution in [0.3, 0.4) is 0 Å². The summed E-state index contributed by atoms with van der Waals surface area (Å²) in [4.78, 5) is 5.09. The van der Waals surface area contributed by atoms with Crippen molar-refractivity contribution in [2.24, 2.45) is 0 Å². The number of hydrogen-bond acceptors (Lipinski definition) is 4. The van der Waals surface area contributed by atoms with Gasteiger partial charge in [0.15, 0.2) is 5.82 Å². The molecule has 0 aromatic carbocycles. The molecule has 2 rings (SSSR count). The molecule has 0 N–H and O–H groups in total. The second-order valence-corrected chi connectivity index (χ2v) is 3.60. The Bertz CT molecular complexity index is 365. The van der Waals surface area contributed by atoms with Crippen molar-refractivity contribution in [3.63, 3.8) is 0 Å². The van der Waals surface area contributed by atoms with Crippen molar-refractivity contribution in [1.82, 2.24) is 19.7 Å². The van der Waals surface area contributed by atoms with Crippen LogP contribution in [0.4, 0.5) is 0 Å². The first-order chi connectivity index (χ1) is 6.42. The number of nitrogens with zero attached hydrogens (tertiary/aromatic N) is 4. The molecule has 0 unspecified atom stereocenters. The van der Waals surface area contributed by atoms with Gasteiger partial charge in [-0.1, -0.05) is 6.92 Å². The van der Waals surface area contributed by atoms with Crippen molar-refractivity contribution >= 4 is 11.3 Å². The normalized spacial score (nSPS) is 10.5. The third-order valence-electron chi connectivity index (χ3n) is 1.73. The SMILES string of the molecule is CCCn1cnnc1-c1cncs1. The van der Waals surface area contributed by atoms with Gasteiger partial charge in [-0.15, -0.1) is 21.5 Å². The predicted octanol–water partition coefficient (Wildman–Crippen LogP) is 1.81. The van der Waals surface area contributed by atoms with Crippen molar-refractivity contribution in [3.05, 3.63) is 18.0 Å². The Labute approximate surface area is 80.3 Å². The first kappa shape index (κ1) is 8.37. The molecule has 0 atom stereocenters. The Hall–Kier alpha value is -1.23. The molecule has 4 nitrogen and oxygen atoms in total. The standard InChI is InChI=1S/C8H10N4S/c1-2-3-12-5-10-11-8(12)7-4-9-6-13-7/h4-6H,2-3H2,1H3. The molecule has 68 valence electrons. The molecule has 0 bridgehead atoms. The molecule has 0 saturated carbocycles. The van der Waals surface area contributed by atoms with Gasteiger partial charge in [-0.25, -0.2) is 0 Å². The van der Waals surface area contributed by atoms with E-state index in [2.05, 4.69) is 22.1 Å². The van der Waals surface area contributed by atoms with Crippen molar-refractivity contribution < 1.29 is 0 Å². The molecule has 0 radical (unpaired) electrons. The fourth-order valence-corrected chi connectivity index (χ4v) is 1.80. The highest BCUT2D eigenvalue weighted by Crippen LogP contribution is 2.20. The minimum absolute atomic E-state index is 0.921. The fourth-order valence-electron chi connectivity index (χ4n) is 1.18. The lowest BCUT2D eigenvalue weighted by molar-refractivity contribution is 0.683. The first-order valence-electron chi connectivity index (χ1n) is 4.18. The molecular formula is C8H10N4S. The number of aromatic nitrogens is 4. The van der Waals surface area contributed by atoms with Crippen LogP contribution in [-0.4, -0.2) is 19.7 Å². The molecule has 2 aromatic rings. The van der Waals surface area contributed by atoms with E-state index < -0.39 is 0 Å². The molecule has 2 aromatic heterocycles. The number of rotatable bonds is 3. The zero-order chi connectivity index (χ0) is 9.10. The van der Waals surface area contributed by atoms with E-state index in [9.17, 15) is 0 Å². The van der Waals surface area contributed by atoms with E-state index in [0.717, 1.165) is 23.7 Å². The van der Waals surface area contributed by atoms with E-state index >= 15 is 0 Å². The summed E-state index contributed by atoms with van der Waals surface area (Å²) < 4.78 is 2.05. The van der Waals surface area contributed by atoms with Gasteiger partial charge >= 0.3 is 0 Å². The zero-order valence-electron chi connectivity index (χ0n) is 7.34. The minimum atomic E-state index is 0.921. The fraction of sp³-hybridized carbons (Fsp3) is 0.375. The molecule has 13 heavy (non-hydrogen) atoms. The van der Waals surface area contributed by atoms with Crippen molar-refractivity contribution in [2.45, 2.75) is 19.9 Å². The quantitative estimate of drug-likeness (QED) is 0.748. The summed E-state index contributed by atoms with van der Waals surface area (Å²) in [5.41, 5.74) is 1.81. The smallest absolute Gasteiger partial charge is 0.175 e. The second kappa shape index (κ2) is 3.66. The van der Waals surface area contributed by atoms with Crippen molar-refractivity contribution in [1.29, 1.82) is 0 Å². The molecule has 0 amide bonds. The number of hydrogen-bond donors (Lipinski definition) is 0. The molecule has 0 saturated heterocycles. The molecule has 0 spiro atoms. The Morgan fingerprint density at radius 1 is 1.54 bits per heavy atom. The minimum Gasteiger partial charge on any atom is -0.313 e. The van der Waals surface area contributed by atoms with Crippen LogP contribution in [-0.2, 0) is 6.54 Å². The van der Waals surface area contributed by atoms with Crippen LogP contribution in [0, 0.1) is 0 Å². The molecule has 0 aliphatic rings. The van der Waals surface area contributed by atoms with Gasteiger partial charge in [0.2, 0.25) is 0 Å². The van der Waals surface area contributed by atoms with Crippen LogP contribution >= 0.6 is 11.3 Å². The van der Waals surface area contributed by atoms with Crippen LogP contribution in [0.15, 0.2) is 18.0 Å². The third kappa shape index (κ3) is 1.60. The van der Waals surface area contributed by atoms with Gasteiger partial charge in [-0.05, 0) is 6.42 Å². The maximum Gasteiger partial charge on any atom is 0.175 e. The zero-order valence-corrected chi connectivity index (χ0v) is 8.16. The third-order valence-corrected chi connectivity index (χ3v) is 2.50. The lowest BCUT2D eigenvalue weighted by Gasteiger charge is -2.00. The van der Waals surface area contributed by atoms with Crippen LogP contribution in [0.5, 0.6) is 0 Å². The van der Waals surface area contributed by atoms with E-state index in [1.165, 1.54) is 0 Å². The van der Waals surface area contributed by atoms with E-state index in [4.69, 9.17) is 0 Å². The lowest BCUT2D eigenvalue weighted by atomic mass is 10.4. The summed E-state index contributed by atoms with van der Waals surface area (Å²) in [6, 6.07) is 0. The molecule has 5 heteroatoms. The summed E-state index contributed by atoms with van der Waals surface area (Å²) in [6.07, 6.45) is 4.67. The van der Waals surface area contributed by atoms with Gasteiger partial charge < -0.3 is 4.57 Å². The second-order valence-electron chi connectivity index (χ2n) is 2.71. The van der Waals surface area contributed by atoms with Gasteiger partial charge in [-0.3, -0.25) is 4.98 Å². The topological polar surface area (TPSA) is 43.6 Å². The summed E-state index contributed by atoms with van der Waals surface area (Å²) in [5.74, 6) is 0.921. The molecule has 0 aliphatic carbocycles. The van der Waals surface area contributed by atoms with Crippen LogP contribution in [0.25, 0.3) is 10.7 Å². The van der Waals surface area contributed by atoms with Crippen LogP contribution in [0.1, 0.15) is 13.3 Å². The van der Waals surface area contributed by atoms with Crippen LogP contribution in [0.2, 0.25) is 0 Å². The highest BCUT2D eigenvalue weighted by Gasteiger charge is 2.06. The highest BCUT2D eigenvalue weighted by atomic mass is 32.1. The molecule has 2 heterocycles.